The fraction of sp³-hybridized carbons (Fsp3) is 0.250. The quantitative estimate of drug-likeness (QED) is 0.581. The van der Waals surface area contributed by atoms with Crippen LogP contribution in [0.4, 0.5) is 5.00 Å². The number of hydrogen-bond acceptors (Lipinski definition) is 6. The summed E-state index contributed by atoms with van der Waals surface area (Å²) in [6.07, 6.45) is 0.925. The van der Waals surface area contributed by atoms with E-state index in [2.05, 4.69) is 17.2 Å². The third kappa shape index (κ3) is 4.07. The second-order valence-electron chi connectivity index (χ2n) is 6.05. The molecule has 0 saturated carbocycles. The normalized spacial score (nSPS) is 10.7. The molecule has 3 rings (SSSR count). The van der Waals surface area contributed by atoms with Crippen LogP contribution in [0.25, 0.3) is 11.1 Å². The molecule has 3 aromatic rings. The predicted molar refractivity (Wildman–Crippen MR) is 113 cm³/mol. The van der Waals surface area contributed by atoms with Crippen LogP contribution in [0.3, 0.4) is 0 Å². The number of aromatic nitrogens is 1. The molecule has 0 aliphatic heterocycles. The molecule has 2 aromatic heterocycles. The molecule has 8 heteroatoms. The second kappa shape index (κ2) is 8.53. The summed E-state index contributed by atoms with van der Waals surface area (Å²) >= 11 is 2.09. The number of anilines is 1. The summed E-state index contributed by atoms with van der Waals surface area (Å²) in [4.78, 5) is 39.3. The van der Waals surface area contributed by atoms with Gasteiger partial charge in [0.2, 0.25) is 0 Å². The van der Waals surface area contributed by atoms with Gasteiger partial charge in [0, 0.05) is 16.6 Å². The van der Waals surface area contributed by atoms with Crippen molar-refractivity contribution in [2.45, 2.75) is 27.2 Å². The maximum Gasteiger partial charge on any atom is 0.341 e. The SMILES string of the molecule is CCOC(=O)c1c(-c2ccc(CC)cc2)csc1NC(=O)c1sc(=O)[nH]c1C. The molecule has 6 nitrogen and oxygen atoms in total. The maximum absolute atomic E-state index is 12.6. The first-order chi connectivity index (χ1) is 13.4. The van der Waals surface area contributed by atoms with E-state index in [1.807, 2.05) is 29.6 Å². The number of esters is 1. The first-order valence-corrected chi connectivity index (χ1v) is 10.5. The lowest BCUT2D eigenvalue weighted by Crippen LogP contribution is -2.14. The smallest absolute Gasteiger partial charge is 0.341 e. The summed E-state index contributed by atoms with van der Waals surface area (Å²) in [6.45, 7) is 5.70. The van der Waals surface area contributed by atoms with Gasteiger partial charge in [-0.3, -0.25) is 9.59 Å². The molecule has 0 aliphatic rings. The van der Waals surface area contributed by atoms with Crippen LogP contribution in [0.15, 0.2) is 34.4 Å². The topological polar surface area (TPSA) is 88.3 Å². The standard InChI is InChI=1S/C20H20N2O4S2/c1-4-12-6-8-13(9-7-12)14-10-27-18(15(14)19(24)26-5-2)22-17(23)16-11(3)21-20(25)28-16/h6-10H,4-5H2,1-3H3,(H,21,25)(H,22,23). The fourth-order valence-corrected chi connectivity index (χ4v) is 4.46. The van der Waals surface area contributed by atoms with Crippen LogP contribution < -0.4 is 10.2 Å². The number of carbonyl (C=O) groups excluding carboxylic acids is 2. The number of aromatic amines is 1. The third-order valence-corrected chi connectivity index (χ3v) is 6.08. The molecule has 28 heavy (non-hydrogen) atoms. The number of benzene rings is 1. The summed E-state index contributed by atoms with van der Waals surface area (Å²) < 4.78 is 5.21. The van der Waals surface area contributed by atoms with Crippen molar-refractivity contribution in [3.63, 3.8) is 0 Å². The molecule has 0 unspecified atom stereocenters. The van der Waals surface area contributed by atoms with E-state index in [1.54, 1.807) is 13.8 Å². The van der Waals surface area contributed by atoms with Crippen LogP contribution in [-0.4, -0.2) is 23.5 Å². The highest BCUT2D eigenvalue weighted by Crippen LogP contribution is 2.36. The Bertz CT molecular complexity index is 1060. The number of ether oxygens (including phenoxy) is 1. The number of H-pyrrole nitrogens is 1. The predicted octanol–water partition coefficient (Wildman–Crippen LogP) is 4.46. The number of thiophene rings is 1. The van der Waals surface area contributed by atoms with Crippen molar-refractivity contribution >= 4 is 39.6 Å². The molecule has 2 N–H and O–H groups in total. The zero-order chi connectivity index (χ0) is 20.3. The van der Waals surface area contributed by atoms with Crippen molar-refractivity contribution in [2.24, 2.45) is 0 Å². The Morgan fingerprint density at radius 1 is 1.18 bits per heavy atom. The van der Waals surface area contributed by atoms with E-state index in [0.717, 1.165) is 23.3 Å². The van der Waals surface area contributed by atoms with Crippen molar-refractivity contribution in [1.29, 1.82) is 0 Å². The molecule has 0 bridgehead atoms. The van der Waals surface area contributed by atoms with Crippen LogP contribution in [0.5, 0.6) is 0 Å². The molecule has 0 atom stereocenters. The van der Waals surface area contributed by atoms with E-state index in [4.69, 9.17) is 4.74 Å². The molecule has 2 heterocycles. The van der Waals surface area contributed by atoms with Gasteiger partial charge in [0.15, 0.2) is 0 Å². The van der Waals surface area contributed by atoms with Gasteiger partial charge in [-0.15, -0.1) is 11.3 Å². The van der Waals surface area contributed by atoms with E-state index < -0.39 is 11.9 Å². The summed E-state index contributed by atoms with van der Waals surface area (Å²) in [7, 11) is 0. The number of rotatable bonds is 6. The van der Waals surface area contributed by atoms with Gasteiger partial charge in [0.05, 0.1) is 6.61 Å². The van der Waals surface area contributed by atoms with Gasteiger partial charge in [-0.05, 0) is 31.4 Å². The Hall–Kier alpha value is -2.71. The average Bonchev–Trinajstić information content (AvgIpc) is 3.24. The zero-order valence-electron chi connectivity index (χ0n) is 15.8. The first kappa shape index (κ1) is 20.0. The molecular formula is C20H20N2O4S2. The second-order valence-corrected chi connectivity index (χ2v) is 7.91. The van der Waals surface area contributed by atoms with E-state index in [9.17, 15) is 14.4 Å². The van der Waals surface area contributed by atoms with Gasteiger partial charge < -0.3 is 15.0 Å². The van der Waals surface area contributed by atoms with Gasteiger partial charge >= 0.3 is 10.8 Å². The molecule has 0 spiro atoms. The minimum absolute atomic E-state index is 0.231. The number of nitrogens with one attached hydrogen (secondary N) is 2. The van der Waals surface area contributed by atoms with Crippen LogP contribution in [0.2, 0.25) is 0 Å². The highest BCUT2D eigenvalue weighted by atomic mass is 32.1. The van der Waals surface area contributed by atoms with Gasteiger partial charge in [-0.1, -0.05) is 42.5 Å². The molecular weight excluding hydrogens is 396 g/mol. The van der Waals surface area contributed by atoms with Crippen LogP contribution >= 0.6 is 22.7 Å². The van der Waals surface area contributed by atoms with Crippen LogP contribution in [0, 0.1) is 6.92 Å². The Morgan fingerprint density at radius 2 is 1.89 bits per heavy atom. The Balaban J connectivity index is 1.99. The number of aryl methyl sites for hydroxylation is 2. The van der Waals surface area contributed by atoms with E-state index in [1.165, 1.54) is 16.9 Å². The van der Waals surface area contributed by atoms with Crippen molar-refractivity contribution in [3.05, 3.63) is 61.0 Å². The van der Waals surface area contributed by atoms with Gasteiger partial charge in [-0.2, -0.15) is 0 Å². The lowest BCUT2D eigenvalue weighted by molar-refractivity contribution is 0.0529. The number of hydrogen-bond donors (Lipinski definition) is 2. The van der Waals surface area contributed by atoms with Crippen molar-refractivity contribution < 1.29 is 14.3 Å². The summed E-state index contributed by atoms with van der Waals surface area (Å²) in [5.74, 6) is -0.922. The van der Waals surface area contributed by atoms with Gasteiger partial charge in [-0.25, -0.2) is 4.79 Å². The molecule has 1 aromatic carbocycles. The lowest BCUT2D eigenvalue weighted by atomic mass is 10.0. The number of thiazole rings is 1. The highest BCUT2D eigenvalue weighted by molar-refractivity contribution is 7.15. The van der Waals surface area contributed by atoms with Crippen molar-refractivity contribution in [2.75, 3.05) is 11.9 Å². The zero-order valence-corrected chi connectivity index (χ0v) is 17.4. The summed E-state index contributed by atoms with van der Waals surface area (Å²) in [5.41, 5.74) is 3.60. The number of carbonyl (C=O) groups is 2. The van der Waals surface area contributed by atoms with E-state index in [-0.39, 0.29) is 11.5 Å². The highest BCUT2D eigenvalue weighted by Gasteiger charge is 2.24. The molecule has 1 amide bonds. The third-order valence-electron chi connectivity index (χ3n) is 4.20. The monoisotopic (exact) mass is 416 g/mol. The lowest BCUT2D eigenvalue weighted by Gasteiger charge is -2.09. The fourth-order valence-electron chi connectivity index (χ4n) is 2.77. The molecule has 0 fully saturated rings. The molecule has 0 radical (unpaired) electrons. The Kier molecular flexibility index (Phi) is 6.11. The Morgan fingerprint density at radius 3 is 2.46 bits per heavy atom. The van der Waals surface area contributed by atoms with Gasteiger partial charge in [0.1, 0.15) is 15.4 Å². The Labute approximate surface area is 170 Å². The van der Waals surface area contributed by atoms with Crippen molar-refractivity contribution in [3.8, 4) is 11.1 Å². The van der Waals surface area contributed by atoms with Gasteiger partial charge in [0.25, 0.3) is 5.91 Å². The molecule has 0 aliphatic carbocycles. The van der Waals surface area contributed by atoms with Crippen LogP contribution in [0.1, 0.15) is 45.1 Å². The van der Waals surface area contributed by atoms with E-state index in [0.29, 0.717) is 26.7 Å². The number of amides is 1. The maximum atomic E-state index is 12.6. The largest absolute Gasteiger partial charge is 0.462 e. The minimum Gasteiger partial charge on any atom is -0.462 e. The average molecular weight is 417 g/mol. The van der Waals surface area contributed by atoms with E-state index >= 15 is 0 Å². The first-order valence-electron chi connectivity index (χ1n) is 8.83. The van der Waals surface area contributed by atoms with Crippen molar-refractivity contribution in [1.82, 2.24) is 4.98 Å². The van der Waals surface area contributed by atoms with Crippen LogP contribution in [-0.2, 0) is 11.2 Å². The minimum atomic E-state index is -0.493. The summed E-state index contributed by atoms with van der Waals surface area (Å²) in [5, 5.41) is 4.99. The molecule has 0 saturated heterocycles. The summed E-state index contributed by atoms with van der Waals surface area (Å²) in [6, 6.07) is 7.94. The molecule has 146 valence electrons.